The number of nitrogens with zero attached hydrogens (tertiary/aromatic N) is 2. The largest absolute Gasteiger partial charge is 0.388 e. The SMILES string of the molecule is CCn1cc(C(O)C2COC(C)C2)cn1. The summed E-state index contributed by atoms with van der Waals surface area (Å²) < 4.78 is 7.29. The van der Waals surface area contributed by atoms with E-state index in [2.05, 4.69) is 5.10 Å². The molecule has 1 aromatic rings. The first-order valence-electron chi connectivity index (χ1n) is 5.52. The Balaban J connectivity index is 2.03. The minimum Gasteiger partial charge on any atom is -0.388 e. The van der Waals surface area contributed by atoms with Gasteiger partial charge < -0.3 is 9.84 Å². The molecule has 0 aliphatic carbocycles. The molecule has 2 heterocycles. The van der Waals surface area contributed by atoms with Crippen LogP contribution in [0.3, 0.4) is 0 Å². The second kappa shape index (κ2) is 4.33. The molecule has 0 radical (unpaired) electrons. The summed E-state index contributed by atoms with van der Waals surface area (Å²) in [5, 5.41) is 14.3. The van der Waals surface area contributed by atoms with E-state index in [9.17, 15) is 5.11 Å². The molecule has 1 fully saturated rings. The first-order chi connectivity index (χ1) is 7.20. The van der Waals surface area contributed by atoms with Gasteiger partial charge in [0.05, 0.1) is 25.0 Å². The summed E-state index contributed by atoms with van der Waals surface area (Å²) in [6.45, 7) is 5.57. The van der Waals surface area contributed by atoms with Gasteiger partial charge in [-0.05, 0) is 20.3 Å². The Kier molecular flexibility index (Phi) is 3.07. The molecule has 4 heteroatoms. The van der Waals surface area contributed by atoms with Gasteiger partial charge in [0.25, 0.3) is 0 Å². The molecule has 15 heavy (non-hydrogen) atoms. The van der Waals surface area contributed by atoms with E-state index in [1.54, 1.807) is 6.20 Å². The molecule has 3 atom stereocenters. The van der Waals surface area contributed by atoms with Crippen LogP contribution in [0.25, 0.3) is 0 Å². The first-order valence-corrected chi connectivity index (χ1v) is 5.52. The highest BCUT2D eigenvalue weighted by molar-refractivity contribution is 5.09. The number of aliphatic hydroxyl groups is 1. The molecule has 1 saturated heterocycles. The lowest BCUT2D eigenvalue weighted by Crippen LogP contribution is -2.12. The average molecular weight is 210 g/mol. The van der Waals surface area contributed by atoms with E-state index in [-0.39, 0.29) is 12.0 Å². The number of aromatic nitrogens is 2. The zero-order valence-corrected chi connectivity index (χ0v) is 9.26. The van der Waals surface area contributed by atoms with Crippen molar-refractivity contribution in [2.45, 2.75) is 39.0 Å². The molecule has 0 bridgehead atoms. The predicted molar refractivity (Wildman–Crippen MR) is 56.4 cm³/mol. The van der Waals surface area contributed by atoms with Gasteiger partial charge in [-0.3, -0.25) is 4.68 Å². The van der Waals surface area contributed by atoms with Crippen molar-refractivity contribution in [2.75, 3.05) is 6.61 Å². The predicted octanol–water partition coefficient (Wildman–Crippen LogP) is 1.36. The van der Waals surface area contributed by atoms with E-state index in [1.165, 1.54) is 0 Å². The fourth-order valence-corrected chi connectivity index (χ4v) is 2.05. The maximum Gasteiger partial charge on any atom is 0.0871 e. The third-order valence-electron chi connectivity index (χ3n) is 2.99. The van der Waals surface area contributed by atoms with E-state index in [4.69, 9.17) is 4.74 Å². The van der Waals surface area contributed by atoms with Gasteiger partial charge in [-0.25, -0.2) is 0 Å². The molecule has 0 spiro atoms. The van der Waals surface area contributed by atoms with Gasteiger partial charge in [-0.1, -0.05) is 0 Å². The van der Waals surface area contributed by atoms with E-state index >= 15 is 0 Å². The molecule has 0 aromatic carbocycles. The maximum atomic E-state index is 10.1. The summed E-state index contributed by atoms with van der Waals surface area (Å²) >= 11 is 0. The smallest absolute Gasteiger partial charge is 0.0871 e. The van der Waals surface area contributed by atoms with Crippen LogP contribution in [0.15, 0.2) is 12.4 Å². The van der Waals surface area contributed by atoms with Gasteiger partial charge in [-0.2, -0.15) is 5.10 Å². The van der Waals surface area contributed by atoms with E-state index < -0.39 is 6.10 Å². The standard InChI is InChI=1S/C11H18N2O2/c1-3-13-6-10(5-12-13)11(14)9-4-8(2)15-7-9/h5-6,8-9,11,14H,3-4,7H2,1-2H3. The molecule has 1 N–H and O–H groups in total. The van der Waals surface area contributed by atoms with Crippen molar-refractivity contribution in [3.8, 4) is 0 Å². The van der Waals surface area contributed by atoms with Crippen molar-refractivity contribution in [3.63, 3.8) is 0 Å². The van der Waals surface area contributed by atoms with Crippen LogP contribution in [-0.4, -0.2) is 27.6 Å². The Morgan fingerprint density at radius 3 is 3.07 bits per heavy atom. The number of ether oxygens (including phenoxy) is 1. The van der Waals surface area contributed by atoms with Crippen molar-refractivity contribution >= 4 is 0 Å². The molecule has 2 rings (SSSR count). The summed E-state index contributed by atoms with van der Waals surface area (Å²) in [6, 6.07) is 0. The number of rotatable bonds is 3. The highest BCUT2D eigenvalue weighted by atomic mass is 16.5. The van der Waals surface area contributed by atoms with Crippen molar-refractivity contribution < 1.29 is 9.84 Å². The highest BCUT2D eigenvalue weighted by Gasteiger charge is 2.29. The number of aryl methyl sites for hydroxylation is 1. The second-order valence-electron chi connectivity index (χ2n) is 4.21. The second-order valence-corrected chi connectivity index (χ2v) is 4.21. The molecule has 0 amide bonds. The van der Waals surface area contributed by atoms with Gasteiger partial charge in [0.15, 0.2) is 0 Å². The molecular weight excluding hydrogens is 192 g/mol. The highest BCUT2D eigenvalue weighted by Crippen LogP contribution is 2.31. The summed E-state index contributed by atoms with van der Waals surface area (Å²) in [6.07, 6.45) is 4.42. The summed E-state index contributed by atoms with van der Waals surface area (Å²) in [5.74, 6) is 0.217. The van der Waals surface area contributed by atoms with Crippen LogP contribution in [0, 0.1) is 5.92 Å². The minimum absolute atomic E-state index is 0.217. The van der Waals surface area contributed by atoms with E-state index in [0.717, 1.165) is 18.5 Å². The first kappa shape index (κ1) is 10.6. The van der Waals surface area contributed by atoms with Crippen molar-refractivity contribution in [2.24, 2.45) is 5.92 Å². The van der Waals surface area contributed by atoms with Crippen molar-refractivity contribution in [1.29, 1.82) is 0 Å². The quantitative estimate of drug-likeness (QED) is 0.819. The Hall–Kier alpha value is -0.870. The van der Waals surface area contributed by atoms with E-state index in [1.807, 2.05) is 24.7 Å². The molecule has 1 aromatic heterocycles. The van der Waals surface area contributed by atoms with Crippen LogP contribution in [0.4, 0.5) is 0 Å². The molecule has 4 nitrogen and oxygen atoms in total. The van der Waals surface area contributed by atoms with Crippen LogP contribution >= 0.6 is 0 Å². The Morgan fingerprint density at radius 2 is 2.53 bits per heavy atom. The zero-order chi connectivity index (χ0) is 10.8. The van der Waals surface area contributed by atoms with E-state index in [0.29, 0.717) is 6.61 Å². The normalized spacial score (nSPS) is 28.2. The van der Waals surface area contributed by atoms with Crippen LogP contribution in [-0.2, 0) is 11.3 Å². The molecule has 3 unspecified atom stereocenters. The molecular formula is C11H18N2O2. The maximum absolute atomic E-state index is 10.1. The van der Waals surface area contributed by atoms with Crippen LogP contribution in [0.5, 0.6) is 0 Å². The molecule has 0 saturated carbocycles. The lowest BCUT2D eigenvalue weighted by molar-refractivity contribution is 0.0803. The summed E-state index contributed by atoms with van der Waals surface area (Å²) in [4.78, 5) is 0. The van der Waals surface area contributed by atoms with Gasteiger partial charge in [0.1, 0.15) is 0 Å². The number of hydrogen-bond donors (Lipinski definition) is 1. The van der Waals surface area contributed by atoms with Crippen molar-refractivity contribution in [1.82, 2.24) is 9.78 Å². The number of aliphatic hydroxyl groups excluding tert-OH is 1. The Labute approximate surface area is 89.9 Å². The fourth-order valence-electron chi connectivity index (χ4n) is 2.05. The van der Waals surface area contributed by atoms with Crippen LogP contribution in [0.1, 0.15) is 31.9 Å². The average Bonchev–Trinajstić information content (AvgIpc) is 2.84. The molecule has 84 valence electrons. The number of hydrogen-bond acceptors (Lipinski definition) is 3. The minimum atomic E-state index is -0.435. The zero-order valence-electron chi connectivity index (χ0n) is 9.26. The van der Waals surface area contributed by atoms with Gasteiger partial charge in [0.2, 0.25) is 0 Å². The third-order valence-corrected chi connectivity index (χ3v) is 2.99. The summed E-state index contributed by atoms with van der Waals surface area (Å²) in [7, 11) is 0. The molecule has 1 aliphatic rings. The lowest BCUT2D eigenvalue weighted by Gasteiger charge is -2.14. The Bertz CT molecular complexity index is 324. The lowest BCUT2D eigenvalue weighted by atomic mass is 9.96. The fraction of sp³-hybridized carbons (Fsp3) is 0.727. The van der Waals surface area contributed by atoms with Crippen LogP contribution in [0.2, 0.25) is 0 Å². The third kappa shape index (κ3) is 2.21. The van der Waals surface area contributed by atoms with Gasteiger partial charge in [-0.15, -0.1) is 0 Å². The van der Waals surface area contributed by atoms with Gasteiger partial charge in [0, 0.05) is 24.2 Å². The summed E-state index contributed by atoms with van der Waals surface area (Å²) in [5.41, 5.74) is 0.902. The Morgan fingerprint density at radius 1 is 1.73 bits per heavy atom. The molecule has 1 aliphatic heterocycles. The van der Waals surface area contributed by atoms with Crippen molar-refractivity contribution in [3.05, 3.63) is 18.0 Å². The van der Waals surface area contributed by atoms with Crippen LogP contribution < -0.4 is 0 Å². The van der Waals surface area contributed by atoms with Gasteiger partial charge >= 0.3 is 0 Å². The monoisotopic (exact) mass is 210 g/mol. The topological polar surface area (TPSA) is 47.3 Å².